The third kappa shape index (κ3) is 3.48. The molecule has 3 heterocycles. The van der Waals surface area contributed by atoms with Gasteiger partial charge < -0.3 is 9.80 Å². The highest BCUT2D eigenvalue weighted by Gasteiger charge is 2.31. The topological polar surface area (TPSA) is 73.8 Å². The van der Waals surface area contributed by atoms with Crippen LogP contribution < -0.4 is 15.4 Å². The molecule has 0 unspecified atom stereocenters. The molecule has 2 saturated heterocycles. The van der Waals surface area contributed by atoms with Gasteiger partial charge in [-0.2, -0.15) is 5.26 Å². The highest BCUT2D eigenvalue weighted by Crippen LogP contribution is 2.34. The van der Waals surface area contributed by atoms with Gasteiger partial charge in [0.05, 0.1) is 37.6 Å². The monoisotopic (exact) mass is 418 g/mol. The largest absolute Gasteiger partial charge is 0.346 e. The van der Waals surface area contributed by atoms with Gasteiger partial charge in [-0.15, -0.1) is 0 Å². The minimum Gasteiger partial charge on any atom is -0.346 e. The zero-order valence-corrected chi connectivity index (χ0v) is 18.2. The van der Waals surface area contributed by atoms with E-state index in [0.29, 0.717) is 14.8 Å². The first-order chi connectivity index (χ1) is 13.3. The van der Waals surface area contributed by atoms with Crippen molar-refractivity contribution in [2.75, 3.05) is 44.7 Å². The molecule has 0 aliphatic carbocycles. The standard InChI is InChI=1S/C19H23N5O2S2/c1-5-23-6-8-24(9-7-23)16-13(10-15-18(26)22(4)19(27)28-15)12(2)14(11-20)17(25)21(16)3/h10H,5-9H2,1-4H3/p+1/b15-10+. The first kappa shape index (κ1) is 20.6. The SMILES string of the molecule is CC[NH+]1CCN(c2c(/C=C3/SC(=S)N(C)C3=O)c(C)c(C#N)c(=O)n2C)CC1. The fourth-order valence-corrected chi connectivity index (χ4v) is 4.82. The predicted molar refractivity (Wildman–Crippen MR) is 116 cm³/mol. The number of pyridine rings is 1. The number of nitrogens with one attached hydrogen (secondary N) is 1. The Balaban J connectivity index is 2.17. The maximum atomic E-state index is 12.7. The number of carbonyl (C=O) groups is 1. The van der Waals surface area contributed by atoms with Crippen molar-refractivity contribution in [2.24, 2.45) is 7.05 Å². The Kier molecular flexibility index (Phi) is 5.93. The molecular weight excluding hydrogens is 394 g/mol. The van der Waals surface area contributed by atoms with E-state index in [1.807, 2.05) is 6.07 Å². The highest BCUT2D eigenvalue weighted by molar-refractivity contribution is 8.26. The highest BCUT2D eigenvalue weighted by atomic mass is 32.2. The Bertz CT molecular complexity index is 968. The minimum atomic E-state index is -0.305. The number of piperazine rings is 1. The molecule has 7 nitrogen and oxygen atoms in total. The zero-order valence-electron chi connectivity index (χ0n) is 16.5. The first-order valence-electron chi connectivity index (χ1n) is 9.23. The normalized spacial score (nSPS) is 19.6. The van der Waals surface area contributed by atoms with Crippen LogP contribution in [0, 0.1) is 18.3 Å². The van der Waals surface area contributed by atoms with Gasteiger partial charge in [-0.3, -0.25) is 19.1 Å². The molecule has 2 aliphatic heterocycles. The Labute approximate surface area is 174 Å². The van der Waals surface area contributed by atoms with Gasteiger partial charge in [0.2, 0.25) is 0 Å². The molecule has 0 bridgehead atoms. The Morgan fingerprint density at radius 3 is 2.43 bits per heavy atom. The molecule has 1 aromatic rings. The summed E-state index contributed by atoms with van der Waals surface area (Å²) in [5, 5.41) is 9.51. The van der Waals surface area contributed by atoms with Gasteiger partial charge in [-0.05, 0) is 25.5 Å². The van der Waals surface area contributed by atoms with Crippen LogP contribution in [0.2, 0.25) is 0 Å². The third-order valence-electron chi connectivity index (χ3n) is 5.50. The Morgan fingerprint density at radius 2 is 1.93 bits per heavy atom. The van der Waals surface area contributed by atoms with E-state index in [0.717, 1.165) is 44.1 Å². The number of rotatable bonds is 3. The average Bonchev–Trinajstić information content (AvgIpc) is 2.93. The van der Waals surface area contributed by atoms with Crippen LogP contribution in [0.15, 0.2) is 9.70 Å². The third-order valence-corrected chi connectivity index (χ3v) is 6.98. The summed E-state index contributed by atoms with van der Waals surface area (Å²) in [6, 6.07) is 2.03. The van der Waals surface area contributed by atoms with Crippen molar-refractivity contribution in [1.82, 2.24) is 9.47 Å². The summed E-state index contributed by atoms with van der Waals surface area (Å²) in [4.78, 5) is 30.9. The Morgan fingerprint density at radius 1 is 1.29 bits per heavy atom. The number of likely N-dealkylation sites (N-methyl/N-ethyl adjacent to an activating group) is 2. The summed E-state index contributed by atoms with van der Waals surface area (Å²) in [6.45, 7) is 8.63. The number of amides is 1. The van der Waals surface area contributed by atoms with Crippen molar-refractivity contribution in [3.05, 3.63) is 31.9 Å². The van der Waals surface area contributed by atoms with Crippen molar-refractivity contribution in [3.8, 4) is 6.07 Å². The van der Waals surface area contributed by atoms with E-state index in [1.165, 1.54) is 21.6 Å². The van der Waals surface area contributed by atoms with E-state index < -0.39 is 0 Å². The number of thiocarbonyl (C=S) groups is 1. The molecule has 9 heteroatoms. The molecule has 1 N–H and O–H groups in total. The molecule has 1 amide bonds. The van der Waals surface area contributed by atoms with E-state index in [1.54, 1.807) is 31.7 Å². The number of carbonyl (C=O) groups excluding carboxylic acids is 1. The number of anilines is 1. The first-order valence-corrected chi connectivity index (χ1v) is 10.5. The average molecular weight is 419 g/mol. The summed E-state index contributed by atoms with van der Waals surface area (Å²) in [7, 11) is 3.35. The number of nitrogens with zero attached hydrogens (tertiary/aromatic N) is 4. The van der Waals surface area contributed by atoms with Crippen LogP contribution in [-0.2, 0) is 11.8 Å². The molecule has 0 aromatic carbocycles. The fourth-order valence-electron chi connectivity index (χ4n) is 3.66. The van der Waals surface area contributed by atoms with E-state index in [2.05, 4.69) is 11.8 Å². The maximum Gasteiger partial charge on any atom is 0.270 e. The van der Waals surface area contributed by atoms with E-state index in [-0.39, 0.29) is 17.0 Å². The van der Waals surface area contributed by atoms with Crippen LogP contribution in [0.4, 0.5) is 5.82 Å². The van der Waals surface area contributed by atoms with E-state index in [9.17, 15) is 14.9 Å². The molecule has 28 heavy (non-hydrogen) atoms. The quantitative estimate of drug-likeness (QED) is 0.555. The molecule has 148 valence electrons. The van der Waals surface area contributed by atoms with Gasteiger partial charge in [0.25, 0.3) is 11.5 Å². The summed E-state index contributed by atoms with van der Waals surface area (Å²) in [5.74, 6) is 0.603. The summed E-state index contributed by atoms with van der Waals surface area (Å²) >= 11 is 6.48. The van der Waals surface area contributed by atoms with Gasteiger partial charge in [0, 0.05) is 19.7 Å². The number of hydrogen-bond acceptors (Lipinski definition) is 6. The van der Waals surface area contributed by atoms with Gasteiger partial charge >= 0.3 is 0 Å². The van der Waals surface area contributed by atoms with Crippen LogP contribution in [0.5, 0.6) is 0 Å². The van der Waals surface area contributed by atoms with Crippen molar-refractivity contribution in [2.45, 2.75) is 13.8 Å². The summed E-state index contributed by atoms with van der Waals surface area (Å²) < 4.78 is 2.04. The number of hydrogen-bond donors (Lipinski definition) is 1. The fraction of sp³-hybridized carbons (Fsp3) is 0.474. The zero-order chi connectivity index (χ0) is 20.6. The number of thioether (sulfide) groups is 1. The summed E-state index contributed by atoms with van der Waals surface area (Å²) in [5.41, 5.74) is 1.16. The maximum absolute atomic E-state index is 12.7. The van der Waals surface area contributed by atoms with Gasteiger partial charge in [-0.25, -0.2) is 0 Å². The molecule has 2 aliphatic rings. The molecule has 2 fully saturated rings. The van der Waals surface area contributed by atoms with Crippen molar-refractivity contribution in [3.63, 3.8) is 0 Å². The molecule has 3 rings (SSSR count). The van der Waals surface area contributed by atoms with E-state index in [4.69, 9.17) is 12.2 Å². The van der Waals surface area contributed by atoms with Crippen LogP contribution in [0.3, 0.4) is 0 Å². The minimum absolute atomic E-state index is 0.113. The smallest absolute Gasteiger partial charge is 0.270 e. The number of aromatic nitrogens is 1. The number of quaternary nitrogens is 1. The molecule has 0 spiro atoms. The van der Waals surface area contributed by atoms with Gasteiger partial charge in [-0.1, -0.05) is 24.0 Å². The Hall–Kier alpha value is -2.15. The predicted octanol–water partition coefficient (Wildman–Crippen LogP) is 0.121. The van der Waals surface area contributed by atoms with Crippen LogP contribution in [-0.4, -0.2) is 59.5 Å². The lowest BCUT2D eigenvalue weighted by molar-refractivity contribution is -0.898. The lowest BCUT2D eigenvalue weighted by Gasteiger charge is -2.35. The van der Waals surface area contributed by atoms with Crippen molar-refractivity contribution >= 4 is 46.1 Å². The van der Waals surface area contributed by atoms with Crippen molar-refractivity contribution < 1.29 is 9.69 Å². The summed E-state index contributed by atoms with van der Waals surface area (Å²) in [6.07, 6.45) is 1.78. The number of nitriles is 1. The van der Waals surface area contributed by atoms with E-state index >= 15 is 0 Å². The van der Waals surface area contributed by atoms with Gasteiger partial charge in [0.1, 0.15) is 21.8 Å². The second-order valence-electron chi connectivity index (χ2n) is 7.04. The second-order valence-corrected chi connectivity index (χ2v) is 8.72. The van der Waals surface area contributed by atoms with Crippen LogP contribution in [0.25, 0.3) is 6.08 Å². The lowest BCUT2D eigenvalue weighted by atomic mass is 10.0. The molecule has 0 atom stereocenters. The van der Waals surface area contributed by atoms with Crippen LogP contribution >= 0.6 is 24.0 Å². The van der Waals surface area contributed by atoms with Gasteiger partial charge in [0.15, 0.2) is 0 Å². The molecular formula is C19H24N5O2S2+. The molecule has 0 radical (unpaired) electrons. The van der Waals surface area contributed by atoms with Crippen molar-refractivity contribution in [1.29, 1.82) is 5.26 Å². The van der Waals surface area contributed by atoms with Crippen LogP contribution in [0.1, 0.15) is 23.6 Å². The molecule has 0 saturated carbocycles. The lowest BCUT2D eigenvalue weighted by Crippen LogP contribution is -3.14. The molecule has 1 aromatic heterocycles. The second kappa shape index (κ2) is 8.07.